The van der Waals surface area contributed by atoms with Crippen molar-refractivity contribution in [3.8, 4) is 17.6 Å². The van der Waals surface area contributed by atoms with Crippen LogP contribution in [0.25, 0.3) is 6.08 Å². The second kappa shape index (κ2) is 11.9. The molecular weight excluding hydrogens is 493 g/mol. The number of nitriles is 1. The summed E-state index contributed by atoms with van der Waals surface area (Å²) in [5.74, 6) is 0.236. The third-order valence-electron chi connectivity index (χ3n) is 4.68. The molecule has 10 heteroatoms. The Hall–Kier alpha value is -4.06. The lowest BCUT2D eigenvalue weighted by molar-refractivity contribution is -0.384. The van der Waals surface area contributed by atoms with Gasteiger partial charge in [0.25, 0.3) is 11.6 Å². The number of anilines is 1. The van der Waals surface area contributed by atoms with E-state index < -0.39 is 10.8 Å². The maximum atomic E-state index is 12.5. The molecule has 1 N–H and O–H groups in total. The van der Waals surface area contributed by atoms with E-state index in [9.17, 15) is 20.2 Å². The zero-order chi connectivity index (χ0) is 25.4. The number of nitrogens with zero attached hydrogens (tertiary/aromatic N) is 2. The van der Waals surface area contributed by atoms with Crippen molar-refractivity contribution in [2.75, 3.05) is 11.9 Å². The van der Waals surface area contributed by atoms with Gasteiger partial charge >= 0.3 is 0 Å². The predicted molar refractivity (Wildman–Crippen MR) is 134 cm³/mol. The van der Waals surface area contributed by atoms with E-state index in [0.717, 1.165) is 5.56 Å². The molecule has 0 heterocycles. The van der Waals surface area contributed by atoms with E-state index in [1.54, 1.807) is 36.4 Å². The maximum absolute atomic E-state index is 12.5. The summed E-state index contributed by atoms with van der Waals surface area (Å²) >= 11 is 12.1. The SMILES string of the molecule is CCOc1cc(/C=C(\C#N)C(=O)Nc2ccc([N+](=O)[O-])cc2)ccc1OCc1ccc(Cl)cc1Cl. The molecule has 0 aliphatic rings. The summed E-state index contributed by atoms with van der Waals surface area (Å²) in [5.41, 5.74) is 1.34. The summed E-state index contributed by atoms with van der Waals surface area (Å²) < 4.78 is 11.5. The van der Waals surface area contributed by atoms with Gasteiger partial charge in [0.1, 0.15) is 18.2 Å². The molecule has 8 nitrogen and oxygen atoms in total. The van der Waals surface area contributed by atoms with Crippen LogP contribution in [0.1, 0.15) is 18.1 Å². The number of nitrogens with one attached hydrogen (secondary N) is 1. The van der Waals surface area contributed by atoms with Gasteiger partial charge in [0.15, 0.2) is 11.5 Å². The number of benzene rings is 3. The van der Waals surface area contributed by atoms with Crippen LogP contribution < -0.4 is 14.8 Å². The van der Waals surface area contributed by atoms with Gasteiger partial charge in [0.2, 0.25) is 0 Å². The number of hydrogen-bond donors (Lipinski definition) is 1. The highest BCUT2D eigenvalue weighted by atomic mass is 35.5. The van der Waals surface area contributed by atoms with E-state index >= 15 is 0 Å². The summed E-state index contributed by atoms with van der Waals surface area (Å²) in [6.07, 6.45) is 1.41. The second-order valence-corrected chi connectivity index (χ2v) is 7.94. The molecule has 0 saturated carbocycles. The van der Waals surface area contributed by atoms with Gasteiger partial charge in [-0.3, -0.25) is 14.9 Å². The molecular formula is C25H19Cl2N3O5. The highest BCUT2D eigenvalue weighted by molar-refractivity contribution is 6.35. The Morgan fingerprint density at radius 3 is 2.46 bits per heavy atom. The zero-order valence-electron chi connectivity index (χ0n) is 18.5. The van der Waals surface area contributed by atoms with E-state index in [1.165, 1.54) is 30.3 Å². The number of hydrogen-bond acceptors (Lipinski definition) is 6. The van der Waals surface area contributed by atoms with Crippen LogP contribution in [0.3, 0.4) is 0 Å². The van der Waals surface area contributed by atoms with Crippen LogP contribution in [0.4, 0.5) is 11.4 Å². The van der Waals surface area contributed by atoms with E-state index in [4.69, 9.17) is 32.7 Å². The molecule has 0 atom stereocenters. The first-order valence-electron chi connectivity index (χ1n) is 10.3. The average molecular weight is 512 g/mol. The predicted octanol–water partition coefficient (Wildman–Crippen LogP) is 6.42. The Kier molecular flexibility index (Phi) is 8.68. The van der Waals surface area contributed by atoms with Crippen LogP contribution in [-0.4, -0.2) is 17.4 Å². The summed E-state index contributed by atoms with van der Waals surface area (Å²) in [6.45, 7) is 2.38. The van der Waals surface area contributed by atoms with Crippen molar-refractivity contribution < 1.29 is 19.2 Å². The van der Waals surface area contributed by atoms with Crippen LogP contribution in [0.5, 0.6) is 11.5 Å². The highest BCUT2D eigenvalue weighted by Gasteiger charge is 2.13. The topological polar surface area (TPSA) is 114 Å². The van der Waals surface area contributed by atoms with Gasteiger partial charge in [-0.25, -0.2) is 0 Å². The minimum absolute atomic E-state index is 0.108. The molecule has 178 valence electrons. The molecule has 0 spiro atoms. The lowest BCUT2D eigenvalue weighted by Gasteiger charge is -2.13. The molecule has 0 fully saturated rings. The summed E-state index contributed by atoms with van der Waals surface area (Å²) in [6, 6.07) is 17.3. The molecule has 0 bridgehead atoms. The molecule has 35 heavy (non-hydrogen) atoms. The van der Waals surface area contributed by atoms with Crippen LogP contribution in [0.15, 0.2) is 66.2 Å². The van der Waals surface area contributed by atoms with Crippen molar-refractivity contribution >= 4 is 46.6 Å². The van der Waals surface area contributed by atoms with Crippen molar-refractivity contribution in [3.63, 3.8) is 0 Å². The van der Waals surface area contributed by atoms with Gasteiger partial charge < -0.3 is 14.8 Å². The number of nitro benzene ring substituents is 1. The molecule has 1 amide bonds. The van der Waals surface area contributed by atoms with Gasteiger partial charge in [0, 0.05) is 33.4 Å². The standard InChI is InChI=1S/C25H19Cl2N3O5/c1-2-34-24-12-16(3-10-23(24)35-15-17-4-5-19(26)13-22(17)27)11-18(14-28)25(31)29-20-6-8-21(9-7-20)30(32)33/h3-13H,2,15H2,1H3,(H,29,31)/b18-11+. The lowest BCUT2D eigenvalue weighted by Crippen LogP contribution is -2.13. The van der Waals surface area contributed by atoms with Crippen molar-refractivity contribution in [1.29, 1.82) is 5.26 Å². The van der Waals surface area contributed by atoms with Gasteiger partial charge in [-0.05, 0) is 55.0 Å². The zero-order valence-corrected chi connectivity index (χ0v) is 20.0. The monoisotopic (exact) mass is 511 g/mol. The van der Waals surface area contributed by atoms with E-state index in [2.05, 4.69) is 5.32 Å². The molecule has 0 aliphatic carbocycles. The third-order valence-corrected chi connectivity index (χ3v) is 5.26. The summed E-state index contributed by atoms with van der Waals surface area (Å²) in [5, 5.41) is 23.8. The number of ether oxygens (including phenoxy) is 2. The number of carbonyl (C=O) groups excluding carboxylic acids is 1. The molecule has 0 unspecified atom stereocenters. The van der Waals surface area contributed by atoms with Crippen molar-refractivity contribution in [3.05, 3.63) is 97.5 Å². The molecule has 0 radical (unpaired) electrons. The Labute approximate surface area is 211 Å². The quantitative estimate of drug-likeness (QED) is 0.153. The van der Waals surface area contributed by atoms with Crippen LogP contribution in [-0.2, 0) is 11.4 Å². The Balaban J connectivity index is 1.77. The number of nitro groups is 1. The average Bonchev–Trinajstić information content (AvgIpc) is 2.83. The normalized spacial score (nSPS) is 10.9. The van der Waals surface area contributed by atoms with Gasteiger partial charge in [-0.1, -0.05) is 35.3 Å². The van der Waals surface area contributed by atoms with Crippen molar-refractivity contribution in [2.24, 2.45) is 0 Å². The highest BCUT2D eigenvalue weighted by Crippen LogP contribution is 2.31. The second-order valence-electron chi connectivity index (χ2n) is 7.09. The van der Waals surface area contributed by atoms with Gasteiger partial charge in [0.05, 0.1) is 11.5 Å². The minimum Gasteiger partial charge on any atom is -0.490 e. The van der Waals surface area contributed by atoms with E-state index in [0.29, 0.717) is 39.4 Å². The first-order chi connectivity index (χ1) is 16.8. The van der Waals surface area contributed by atoms with E-state index in [-0.39, 0.29) is 17.9 Å². The van der Waals surface area contributed by atoms with Crippen LogP contribution in [0, 0.1) is 21.4 Å². The number of carbonyl (C=O) groups is 1. The minimum atomic E-state index is -0.656. The molecule has 0 aliphatic heterocycles. The summed E-state index contributed by atoms with van der Waals surface area (Å²) in [4.78, 5) is 22.8. The van der Waals surface area contributed by atoms with Gasteiger partial charge in [-0.2, -0.15) is 5.26 Å². The third kappa shape index (κ3) is 6.96. The Morgan fingerprint density at radius 1 is 1.09 bits per heavy atom. The fourth-order valence-corrected chi connectivity index (χ4v) is 3.44. The fourth-order valence-electron chi connectivity index (χ4n) is 2.98. The first-order valence-corrected chi connectivity index (χ1v) is 11.1. The molecule has 0 saturated heterocycles. The number of rotatable bonds is 9. The first kappa shape index (κ1) is 25.6. The van der Waals surface area contributed by atoms with Crippen molar-refractivity contribution in [1.82, 2.24) is 0 Å². The Bertz CT molecular complexity index is 1320. The smallest absolute Gasteiger partial charge is 0.269 e. The van der Waals surface area contributed by atoms with Crippen LogP contribution >= 0.6 is 23.2 Å². The van der Waals surface area contributed by atoms with Crippen LogP contribution in [0.2, 0.25) is 10.0 Å². The lowest BCUT2D eigenvalue weighted by atomic mass is 10.1. The molecule has 3 aromatic rings. The number of non-ortho nitro benzene ring substituents is 1. The summed E-state index contributed by atoms with van der Waals surface area (Å²) in [7, 11) is 0. The molecule has 3 rings (SSSR count). The maximum Gasteiger partial charge on any atom is 0.269 e. The Morgan fingerprint density at radius 2 is 1.83 bits per heavy atom. The van der Waals surface area contributed by atoms with Crippen molar-refractivity contribution in [2.45, 2.75) is 13.5 Å². The largest absolute Gasteiger partial charge is 0.490 e. The number of amides is 1. The fraction of sp³-hybridized carbons (Fsp3) is 0.120. The van der Waals surface area contributed by atoms with E-state index in [1.807, 2.05) is 13.0 Å². The molecule has 3 aromatic carbocycles. The van der Waals surface area contributed by atoms with Gasteiger partial charge in [-0.15, -0.1) is 0 Å². The number of halogens is 2. The molecule has 0 aromatic heterocycles.